The molecule has 0 radical (unpaired) electrons. The molecule has 2 N–H and O–H groups in total. The number of nitrogens with zero attached hydrogens (tertiary/aromatic N) is 6. The molecule has 0 spiro atoms. The van der Waals surface area contributed by atoms with E-state index in [0.29, 0.717) is 44.9 Å². The molecule has 7 rings (SSSR count). The van der Waals surface area contributed by atoms with Crippen molar-refractivity contribution in [3.63, 3.8) is 0 Å². The van der Waals surface area contributed by atoms with Gasteiger partial charge in [0, 0.05) is 57.7 Å². The molecule has 2 amide bonds. The standard InChI is InChI=1S/C37H30N8O3S2/c1-3-24-4-14-30(15-5-24)45-34(26-16-18-38-19-17-26)42-43-37(45)50-22-31(46)40-28-12-8-27(9-13-28)35(48)41-29-10-6-25(7-11-29)33(47)32-23(2)39-36-44(32)20-21-49-36/h4-21H,3,22H2,1-2H3,(H,40,46)(H,41,48). The maximum absolute atomic E-state index is 13.2. The first-order chi connectivity index (χ1) is 24.4. The molecule has 0 aliphatic heterocycles. The fourth-order valence-electron chi connectivity index (χ4n) is 5.41. The number of fused-ring (bicyclic) bond motifs is 1. The van der Waals surface area contributed by atoms with Crippen LogP contribution in [0.2, 0.25) is 0 Å². The lowest BCUT2D eigenvalue weighted by Crippen LogP contribution is -2.15. The summed E-state index contributed by atoms with van der Waals surface area (Å²) in [4.78, 5) is 48.4. The van der Waals surface area contributed by atoms with E-state index in [1.807, 2.05) is 47.3 Å². The number of thioether (sulfide) groups is 1. The van der Waals surface area contributed by atoms with Crippen molar-refractivity contribution in [3.05, 3.63) is 137 Å². The summed E-state index contributed by atoms with van der Waals surface area (Å²) in [5, 5.41) is 17.1. The zero-order valence-corrected chi connectivity index (χ0v) is 28.7. The summed E-state index contributed by atoms with van der Waals surface area (Å²) in [6, 6.07) is 25.3. The molecule has 248 valence electrons. The molecule has 4 heterocycles. The number of aromatic nitrogens is 6. The van der Waals surface area contributed by atoms with Crippen molar-refractivity contribution in [2.45, 2.75) is 25.4 Å². The molecule has 0 unspecified atom stereocenters. The number of carbonyl (C=O) groups excluding carboxylic acids is 3. The van der Waals surface area contributed by atoms with Gasteiger partial charge in [0.15, 0.2) is 15.9 Å². The molecular weight excluding hydrogens is 669 g/mol. The van der Waals surface area contributed by atoms with E-state index in [4.69, 9.17) is 0 Å². The summed E-state index contributed by atoms with van der Waals surface area (Å²) in [6.07, 6.45) is 6.17. The lowest BCUT2D eigenvalue weighted by molar-refractivity contribution is -0.113. The van der Waals surface area contributed by atoms with Crippen LogP contribution in [0.3, 0.4) is 0 Å². The monoisotopic (exact) mass is 698 g/mol. The van der Waals surface area contributed by atoms with E-state index in [0.717, 1.165) is 22.6 Å². The Kier molecular flexibility index (Phi) is 9.32. The summed E-state index contributed by atoms with van der Waals surface area (Å²) >= 11 is 2.75. The van der Waals surface area contributed by atoms with Crippen molar-refractivity contribution in [1.82, 2.24) is 29.1 Å². The summed E-state index contributed by atoms with van der Waals surface area (Å²) in [7, 11) is 0. The minimum atomic E-state index is -0.319. The van der Waals surface area contributed by atoms with E-state index < -0.39 is 0 Å². The SMILES string of the molecule is CCc1ccc(-n2c(SCC(=O)Nc3ccc(C(=O)Nc4ccc(C(=O)c5c(C)nc6sccn56)cc4)cc3)nnc2-c2ccncc2)cc1. The molecule has 0 aliphatic carbocycles. The molecule has 7 aromatic rings. The van der Waals surface area contributed by atoms with Gasteiger partial charge in [0.1, 0.15) is 5.69 Å². The largest absolute Gasteiger partial charge is 0.325 e. The zero-order chi connectivity index (χ0) is 34.6. The fraction of sp³-hybridized carbons (Fsp3) is 0.108. The second-order valence-electron chi connectivity index (χ2n) is 11.3. The number of pyridine rings is 1. The van der Waals surface area contributed by atoms with Crippen LogP contribution in [0.15, 0.2) is 114 Å². The number of thiazole rings is 1. The van der Waals surface area contributed by atoms with Crippen LogP contribution in [0.1, 0.15) is 44.6 Å². The van der Waals surface area contributed by atoms with Gasteiger partial charge in [-0.2, -0.15) is 0 Å². The Labute approximate surface area is 295 Å². The average molecular weight is 699 g/mol. The molecule has 0 saturated carbocycles. The van der Waals surface area contributed by atoms with Crippen LogP contribution in [0.25, 0.3) is 22.0 Å². The van der Waals surface area contributed by atoms with Crippen LogP contribution in [0.5, 0.6) is 0 Å². The summed E-state index contributed by atoms with van der Waals surface area (Å²) in [5.41, 5.74) is 6.19. The first-order valence-electron chi connectivity index (χ1n) is 15.7. The topological polar surface area (TPSA) is 136 Å². The summed E-state index contributed by atoms with van der Waals surface area (Å²) in [6.45, 7) is 3.93. The third kappa shape index (κ3) is 6.81. The molecule has 0 atom stereocenters. The number of ketones is 1. The molecule has 11 nitrogen and oxygen atoms in total. The van der Waals surface area contributed by atoms with Crippen LogP contribution in [0, 0.1) is 6.92 Å². The van der Waals surface area contributed by atoms with Crippen LogP contribution in [-0.2, 0) is 11.2 Å². The molecule has 0 bridgehead atoms. The zero-order valence-electron chi connectivity index (χ0n) is 27.0. The Hall–Kier alpha value is -5.92. The number of anilines is 2. The van der Waals surface area contributed by atoms with Gasteiger partial charge in [-0.1, -0.05) is 30.8 Å². The third-order valence-corrected chi connectivity index (χ3v) is 9.68. The van der Waals surface area contributed by atoms with E-state index in [2.05, 4.69) is 49.9 Å². The predicted octanol–water partition coefficient (Wildman–Crippen LogP) is 7.12. The normalized spacial score (nSPS) is 11.1. The second kappa shape index (κ2) is 14.3. The highest BCUT2D eigenvalue weighted by Gasteiger charge is 2.20. The molecule has 0 aliphatic rings. The van der Waals surface area contributed by atoms with Gasteiger partial charge in [-0.25, -0.2) is 4.98 Å². The first kappa shape index (κ1) is 32.6. The maximum atomic E-state index is 13.2. The van der Waals surface area contributed by atoms with Gasteiger partial charge in [0.25, 0.3) is 5.91 Å². The molecule has 4 aromatic heterocycles. The number of imidazole rings is 1. The number of benzene rings is 3. The highest BCUT2D eigenvalue weighted by Crippen LogP contribution is 2.28. The van der Waals surface area contributed by atoms with E-state index in [1.165, 1.54) is 28.7 Å². The fourth-order valence-corrected chi connectivity index (χ4v) is 6.92. The van der Waals surface area contributed by atoms with Crippen molar-refractivity contribution < 1.29 is 14.4 Å². The quantitative estimate of drug-likeness (QED) is 0.108. The average Bonchev–Trinajstić information content (AvgIpc) is 3.86. The number of carbonyl (C=O) groups is 3. The minimum absolute atomic E-state index is 0.0982. The lowest BCUT2D eigenvalue weighted by atomic mass is 10.1. The van der Waals surface area contributed by atoms with E-state index in [9.17, 15) is 14.4 Å². The number of hydrogen-bond donors (Lipinski definition) is 2. The number of hydrogen-bond acceptors (Lipinski definition) is 9. The van der Waals surface area contributed by atoms with Crippen molar-refractivity contribution in [2.24, 2.45) is 0 Å². The minimum Gasteiger partial charge on any atom is -0.325 e. The van der Waals surface area contributed by atoms with Gasteiger partial charge < -0.3 is 10.6 Å². The van der Waals surface area contributed by atoms with Gasteiger partial charge >= 0.3 is 0 Å². The first-order valence-corrected chi connectivity index (χ1v) is 17.6. The van der Waals surface area contributed by atoms with Gasteiger partial charge in [-0.15, -0.1) is 21.5 Å². The molecule has 0 saturated heterocycles. The molecule has 3 aromatic carbocycles. The van der Waals surface area contributed by atoms with Crippen molar-refractivity contribution in [1.29, 1.82) is 0 Å². The number of amides is 2. The Morgan fingerprint density at radius 1 is 0.820 bits per heavy atom. The molecular formula is C37H30N8O3S2. The highest BCUT2D eigenvalue weighted by atomic mass is 32.2. The molecule has 13 heteroatoms. The van der Waals surface area contributed by atoms with E-state index in [-0.39, 0.29) is 23.4 Å². The van der Waals surface area contributed by atoms with E-state index in [1.54, 1.807) is 65.3 Å². The van der Waals surface area contributed by atoms with Gasteiger partial charge in [0.05, 0.1) is 11.4 Å². The lowest BCUT2D eigenvalue weighted by Gasteiger charge is -2.11. The Morgan fingerprint density at radius 2 is 1.50 bits per heavy atom. The Morgan fingerprint density at radius 3 is 2.20 bits per heavy atom. The van der Waals surface area contributed by atoms with Gasteiger partial charge in [0.2, 0.25) is 11.7 Å². The molecule has 0 fully saturated rings. The van der Waals surface area contributed by atoms with Gasteiger partial charge in [-0.05, 0) is 91.7 Å². The second-order valence-corrected chi connectivity index (χ2v) is 13.1. The smallest absolute Gasteiger partial charge is 0.255 e. The van der Waals surface area contributed by atoms with Crippen LogP contribution in [0.4, 0.5) is 11.4 Å². The number of aryl methyl sites for hydroxylation is 2. The van der Waals surface area contributed by atoms with Crippen LogP contribution >= 0.6 is 23.1 Å². The third-order valence-electron chi connectivity index (χ3n) is 7.99. The Bertz CT molecular complexity index is 2310. The van der Waals surface area contributed by atoms with Crippen LogP contribution in [-0.4, -0.2) is 52.5 Å². The van der Waals surface area contributed by atoms with Crippen LogP contribution < -0.4 is 10.6 Å². The summed E-state index contributed by atoms with van der Waals surface area (Å²) < 4.78 is 3.73. The van der Waals surface area contributed by atoms with E-state index >= 15 is 0 Å². The van der Waals surface area contributed by atoms with Crippen molar-refractivity contribution in [3.8, 4) is 17.1 Å². The van der Waals surface area contributed by atoms with Crippen molar-refractivity contribution in [2.75, 3.05) is 16.4 Å². The van der Waals surface area contributed by atoms with Gasteiger partial charge in [-0.3, -0.25) is 28.3 Å². The number of rotatable bonds is 11. The van der Waals surface area contributed by atoms with Crippen molar-refractivity contribution >= 4 is 57.0 Å². The summed E-state index contributed by atoms with van der Waals surface area (Å²) in [5.74, 6) is 0.0680. The number of nitrogens with one attached hydrogen (secondary N) is 2. The molecule has 50 heavy (non-hydrogen) atoms. The maximum Gasteiger partial charge on any atom is 0.255 e. The predicted molar refractivity (Wildman–Crippen MR) is 195 cm³/mol. The highest BCUT2D eigenvalue weighted by molar-refractivity contribution is 7.99. The Balaban J connectivity index is 0.969.